The van der Waals surface area contributed by atoms with Crippen LogP contribution in [-0.2, 0) is 4.79 Å². The summed E-state index contributed by atoms with van der Waals surface area (Å²) >= 11 is 11.7. The molecule has 1 aromatic carbocycles. The number of benzene rings is 1. The molecule has 1 aliphatic carbocycles. The second kappa shape index (κ2) is 3.76. The van der Waals surface area contributed by atoms with Crippen molar-refractivity contribution in [1.82, 2.24) is 0 Å². The number of hydrogen-bond acceptors (Lipinski definition) is 1. The highest BCUT2D eigenvalue weighted by atomic mass is 35.5. The molecule has 0 saturated heterocycles. The molecule has 0 saturated carbocycles. The molecule has 0 aromatic heterocycles. The largest absolute Gasteiger partial charge is 0.295 e. The lowest BCUT2D eigenvalue weighted by atomic mass is 10.1. The van der Waals surface area contributed by atoms with Gasteiger partial charge in [0.25, 0.3) is 0 Å². The van der Waals surface area contributed by atoms with Crippen LogP contribution in [0.1, 0.15) is 18.4 Å². The van der Waals surface area contributed by atoms with Gasteiger partial charge in [-0.25, -0.2) is 0 Å². The number of carbonyl (C=O) groups is 1. The molecule has 72 valence electrons. The Morgan fingerprint density at radius 1 is 1.07 bits per heavy atom. The first-order valence-corrected chi connectivity index (χ1v) is 5.11. The van der Waals surface area contributed by atoms with Crippen molar-refractivity contribution in [3.63, 3.8) is 0 Å². The summed E-state index contributed by atoms with van der Waals surface area (Å²) in [6.45, 7) is 0. The Bertz CT molecular complexity index is 421. The van der Waals surface area contributed by atoms with Crippen LogP contribution in [0.5, 0.6) is 0 Å². The molecular formula is C11H8Cl2O. The highest BCUT2D eigenvalue weighted by Crippen LogP contribution is 2.30. The average Bonchev–Trinajstić information content (AvgIpc) is 2.57. The standard InChI is InChI=1S/C11H8Cl2O/c12-10-4-2-8(6-11(10)13)7-1-3-9(14)5-7/h2,4-6H,1,3H2. The molecule has 14 heavy (non-hydrogen) atoms. The summed E-state index contributed by atoms with van der Waals surface area (Å²) in [4.78, 5) is 11.0. The zero-order valence-electron chi connectivity index (χ0n) is 7.39. The zero-order chi connectivity index (χ0) is 10.1. The molecular weight excluding hydrogens is 219 g/mol. The lowest BCUT2D eigenvalue weighted by Crippen LogP contribution is -1.80. The first-order chi connectivity index (χ1) is 6.66. The van der Waals surface area contributed by atoms with E-state index in [1.54, 1.807) is 18.2 Å². The Morgan fingerprint density at radius 2 is 1.86 bits per heavy atom. The van der Waals surface area contributed by atoms with Gasteiger partial charge in [0.1, 0.15) is 0 Å². The number of rotatable bonds is 1. The van der Waals surface area contributed by atoms with Gasteiger partial charge < -0.3 is 0 Å². The van der Waals surface area contributed by atoms with Crippen LogP contribution in [0.2, 0.25) is 10.0 Å². The molecule has 0 atom stereocenters. The SMILES string of the molecule is O=C1C=C(c2ccc(Cl)c(Cl)c2)CC1. The van der Waals surface area contributed by atoms with E-state index in [1.165, 1.54) is 0 Å². The molecule has 0 spiro atoms. The summed E-state index contributed by atoms with van der Waals surface area (Å²) in [5.41, 5.74) is 2.04. The van der Waals surface area contributed by atoms with E-state index in [2.05, 4.69) is 0 Å². The Morgan fingerprint density at radius 3 is 2.43 bits per heavy atom. The lowest BCUT2D eigenvalue weighted by Gasteiger charge is -2.02. The molecule has 0 bridgehead atoms. The van der Waals surface area contributed by atoms with Crippen LogP contribution >= 0.6 is 23.2 Å². The van der Waals surface area contributed by atoms with Gasteiger partial charge in [-0.15, -0.1) is 0 Å². The Hall–Kier alpha value is -0.790. The monoisotopic (exact) mass is 226 g/mol. The highest BCUT2D eigenvalue weighted by Gasteiger charge is 2.13. The third-order valence-corrected chi connectivity index (χ3v) is 3.01. The van der Waals surface area contributed by atoms with E-state index in [9.17, 15) is 4.79 Å². The number of halogens is 2. The van der Waals surface area contributed by atoms with E-state index in [4.69, 9.17) is 23.2 Å². The number of carbonyl (C=O) groups excluding carboxylic acids is 1. The molecule has 0 aliphatic heterocycles. The second-order valence-corrected chi connectivity index (χ2v) is 4.08. The van der Waals surface area contributed by atoms with Crippen molar-refractivity contribution >= 4 is 34.6 Å². The predicted molar refractivity (Wildman–Crippen MR) is 58.7 cm³/mol. The number of hydrogen-bond donors (Lipinski definition) is 0. The van der Waals surface area contributed by atoms with E-state index in [-0.39, 0.29) is 5.78 Å². The molecule has 0 N–H and O–H groups in total. The average molecular weight is 227 g/mol. The van der Waals surface area contributed by atoms with Gasteiger partial charge in [-0.3, -0.25) is 4.79 Å². The van der Waals surface area contributed by atoms with Gasteiger partial charge in [-0.1, -0.05) is 29.3 Å². The van der Waals surface area contributed by atoms with E-state index in [1.807, 2.05) is 6.07 Å². The van der Waals surface area contributed by atoms with Crippen molar-refractivity contribution in [1.29, 1.82) is 0 Å². The van der Waals surface area contributed by atoms with Crippen molar-refractivity contribution in [2.45, 2.75) is 12.8 Å². The molecule has 1 nitrogen and oxygen atoms in total. The molecule has 2 rings (SSSR count). The molecule has 0 unspecified atom stereocenters. The summed E-state index contributed by atoms with van der Waals surface area (Å²) in [5, 5.41) is 1.07. The maximum Gasteiger partial charge on any atom is 0.156 e. The molecule has 0 heterocycles. The van der Waals surface area contributed by atoms with Gasteiger partial charge in [0.2, 0.25) is 0 Å². The van der Waals surface area contributed by atoms with Crippen molar-refractivity contribution in [2.75, 3.05) is 0 Å². The minimum Gasteiger partial charge on any atom is -0.295 e. The molecule has 3 heteroatoms. The fourth-order valence-corrected chi connectivity index (χ4v) is 1.82. The van der Waals surface area contributed by atoms with E-state index in [0.717, 1.165) is 17.6 Å². The summed E-state index contributed by atoms with van der Waals surface area (Å²) in [6.07, 6.45) is 3.09. The first-order valence-electron chi connectivity index (χ1n) is 4.35. The van der Waals surface area contributed by atoms with Crippen molar-refractivity contribution in [2.24, 2.45) is 0 Å². The topological polar surface area (TPSA) is 17.1 Å². The predicted octanol–water partition coefficient (Wildman–Crippen LogP) is 3.74. The third-order valence-electron chi connectivity index (χ3n) is 2.27. The van der Waals surface area contributed by atoms with Crippen LogP contribution in [0.25, 0.3) is 5.57 Å². The normalized spacial score (nSPS) is 15.9. The van der Waals surface area contributed by atoms with Crippen LogP contribution in [0, 0.1) is 0 Å². The van der Waals surface area contributed by atoms with Gasteiger partial charge >= 0.3 is 0 Å². The number of ketones is 1. The Kier molecular flexibility index (Phi) is 2.62. The minimum absolute atomic E-state index is 0.186. The maximum absolute atomic E-state index is 11.0. The Labute approximate surface area is 92.3 Å². The summed E-state index contributed by atoms with van der Waals surface area (Å²) in [7, 11) is 0. The van der Waals surface area contributed by atoms with Crippen LogP contribution in [-0.4, -0.2) is 5.78 Å². The molecule has 0 radical (unpaired) electrons. The first kappa shape index (κ1) is 9.75. The van der Waals surface area contributed by atoms with Crippen molar-refractivity contribution in [3.8, 4) is 0 Å². The van der Waals surface area contributed by atoms with Crippen molar-refractivity contribution < 1.29 is 4.79 Å². The van der Waals surface area contributed by atoms with Gasteiger partial charge in [0, 0.05) is 6.42 Å². The smallest absolute Gasteiger partial charge is 0.156 e. The molecule has 1 aromatic rings. The van der Waals surface area contributed by atoms with Crippen molar-refractivity contribution in [3.05, 3.63) is 39.9 Å². The summed E-state index contributed by atoms with van der Waals surface area (Å²) in [5.74, 6) is 0.186. The number of allylic oxidation sites excluding steroid dienone is 2. The Balaban J connectivity index is 2.38. The van der Waals surface area contributed by atoms with E-state index < -0.39 is 0 Å². The van der Waals surface area contributed by atoms with Crippen LogP contribution in [0.4, 0.5) is 0 Å². The molecule has 1 aliphatic rings. The highest BCUT2D eigenvalue weighted by molar-refractivity contribution is 6.42. The molecule has 0 amide bonds. The maximum atomic E-state index is 11.0. The van der Waals surface area contributed by atoms with Gasteiger partial charge in [0.15, 0.2) is 5.78 Å². The van der Waals surface area contributed by atoms with Crippen LogP contribution < -0.4 is 0 Å². The zero-order valence-corrected chi connectivity index (χ0v) is 8.90. The molecule has 0 fully saturated rings. The van der Waals surface area contributed by atoms with Gasteiger partial charge in [-0.05, 0) is 35.8 Å². The van der Waals surface area contributed by atoms with Crippen LogP contribution in [0.15, 0.2) is 24.3 Å². The minimum atomic E-state index is 0.186. The fraction of sp³-hybridized carbons (Fsp3) is 0.182. The second-order valence-electron chi connectivity index (χ2n) is 3.26. The fourth-order valence-electron chi connectivity index (χ4n) is 1.52. The van der Waals surface area contributed by atoms with Gasteiger partial charge in [0.05, 0.1) is 10.0 Å². The van der Waals surface area contributed by atoms with Crippen LogP contribution in [0.3, 0.4) is 0 Å². The van der Waals surface area contributed by atoms with Gasteiger partial charge in [-0.2, -0.15) is 0 Å². The summed E-state index contributed by atoms with van der Waals surface area (Å²) in [6, 6.07) is 5.44. The van der Waals surface area contributed by atoms with E-state index >= 15 is 0 Å². The quantitative estimate of drug-likeness (QED) is 0.714. The summed E-state index contributed by atoms with van der Waals surface area (Å²) < 4.78 is 0. The lowest BCUT2D eigenvalue weighted by molar-refractivity contribution is -0.114. The van der Waals surface area contributed by atoms with E-state index in [0.29, 0.717) is 16.5 Å². The third kappa shape index (κ3) is 1.84.